The molecule has 4 heteroatoms. The zero-order chi connectivity index (χ0) is 7.56. The van der Waals surface area contributed by atoms with Crippen LogP contribution in [0.4, 0.5) is 0 Å². The highest BCUT2D eigenvalue weighted by molar-refractivity contribution is 9.11. The standard InChI is InChI=1S/C6H5Br2NS/c1-10-6-4(7)2-9-3-5(6)8/h2-3H,1H3. The highest BCUT2D eigenvalue weighted by Gasteiger charge is 2.01. The lowest BCUT2D eigenvalue weighted by Gasteiger charge is -2.00. The van der Waals surface area contributed by atoms with E-state index in [-0.39, 0.29) is 0 Å². The SMILES string of the molecule is CSc1c(Br)cncc1Br. The van der Waals surface area contributed by atoms with Crippen LogP contribution in [-0.4, -0.2) is 11.2 Å². The van der Waals surface area contributed by atoms with Crippen LogP contribution in [0, 0.1) is 0 Å². The van der Waals surface area contributed by atoms with Gasteiger partial charge < -0.3 is 0 Å². The van der Waals surface area contributed by atoms with Gasteiger partial charge in [0.1, 0.15) is 0 Å². The summed E-state index contributed by atoms with van der Waals surface area (Å²) in [5, 5.41) is 0. The topological polar surface area (TPSA) is 12.9 Å². The lowest BCUT2D eigenvalue weighted by Crippen LogP contribution is -1.78. The van der Waals surface area contributed by atoms with Crippen LogP contribution in [0.5, 0.6) is 0 Å². The summed E-state index contributed by atoms with van der Waals surface area (Å²) in [6.07, 6.45) is 5.61. The maximum absolute atomic E-state index is 3.99. The Labute approximate surface area is 80.9 Å². The molecular weight excluding hydrogens is 278 g/mol. The average Bonchev–Trinajstić information content (AvgIpc) is 1.88. The Bertz CT molecular complexity index is 219. The molecule has 1 aromatic rings. The molecule has 0 unspecified atom stereocenters. The first-order valence-electron chi connectivity index (χ1n) is 2.58. The Morgan fingerprint density at radius 3 is 2.10 bits per heavy atom. The number of hydrogen-bond donors (Lipinski definition) is 0. The summed E-state index contributed by atoms with van der Waals surface area (Å²) in [7, 11) is 0. The predicted molar refractivity (Wildman–Crippen MR) is 51.4 cm³/mol. The van der Waals surface area contributed by atoms with E-state index in [0.717, 1.165) is 8.95 Å². The van der Waals surface area contributed by atoms with Crippen LogP contribution in [-0.2, 0) is 0 Å². The van der Waals surface area contributed by atoms with Crippen molar-refractivity contribution >= 4 is 43.6 Å². The number of pyridine rings is 1. The van der Waals surface area contributed by atoms with Crippen molar-refractivity contribution in [2.24, 2.45) is 0 Å². The number of aromatic nitrogens is 1. The van der Waals surface area contributed by atoms with Crippen LogP contribution in [0.3, 0.4) is 0 Å². The van der Waals surface area contributed by atoms with Crippen LogP contribution in [0.25, 0.3) is 0 Å². The molecule has 0 N–H and O–H groups in total. The fourth-order valence-corrected chi connectivity index (χ4v) is 2.99. The monoisotopic (exact) mass is 281 g/mol. The number of rotatable bonds is 1. The number of hydrogen-bond acceptors (Lipinski definition) is 2. The van der Waals surface area contributed by atoms with Crippen molar-refractivity contribution in [3.05, 3.63) is 21.3 Å². The van der Waals surface area contributed by atoms with Gasteiger partial charge in [-0.25, -0.2) is 0 Å². The molecule has 1 heterocycles. The molecule has 0 aromatic carbocycles. The van der Waals surface area contributed by atoms with E-state index in [1.54, 1.807) is 24.2 Å². The smallest absolute Gasteiger partial charge is 0.0505 e. The minimum Gasteiger partial charge on any atom is -0.262 e. The van der Waals surface area contributed by atoms with Gasteiger partial charge in [0.15, 0.2) is 0 Å². The predicted octanol–water partition coefficient (Wildman–Crippen LogP) is 3.33. The average molecular weight is 283 g/mol. The van der Waals surface area contributed by atoms with Crippen LogP contribution >= 0.6 is 43.6 Å². The molecule has 1 aromatic heterocycles. The van der Waals surface area contributed by atoms with E-state index in [9.17, 15) is 0 Å². The minimum absolute atomic E-state index is 1.04. The van der Waals surface area contributed by atoms with Gasteiger partial charge in [0.05, 0.1) is 8.95 Å². The summed E-state index contributed by atoms with van der Waals surface area (Å²) in [6.45, 7) is 0. The molecule has 54 valence electrons. The number of thioether (sulfide) groups is 1. The zero-order valence-electron chi connectivity index (χ0n) is 5.27. The van der Waals surface area contributed by atoms with Crippen molar-refractivity contribution in [1.82, 2.24) is 4.98 Å². The van der Waals surface area contributed by atoms with Crippen LogP contribution in [0.2, 0.25) is 0 Å². The summed E-state index contributed by atoms with van der Waals surface area (Å²) in [5.41, 5.74) is 0. The summed E-state index contributed by atoms with van der Waals surface area (Å²) < 4.78 is 2.07. The molecule has 0 saturated heterocycles. The molecule has 0 radical (unpaired) electrons. The Hall–Kier alpha value is 0.460. The lowest BCUT2D eigenvalue weighted by molar-refractivity contribution is 1.20. The van der Waals surface area contributed by atoms with Crippen molar-refractivity contribution in [2.75, 3.05) is 6.26 Å². The Kier molecular flexibility index (Phi) is 3.20. The summed E-state index contributed by atoms with van der Waals surface area (Å²) in [4.78, 5) is 5.18. The first-order chi connectivity index (χ1) is 4.75. The van der Waals surface area contributed by atoms with Crippen LogP contribution < -0.4 is 0 Å². The minimum atomic E-state index is 1.04. The highest BCUT2D eigenvalue weighted by atomic mass is 79.9. The van der Waals surface area contributed by atoms with E-state index >= 15 is 0 Å². The van der Waals surface area contributed by atoms with E-state index in [0.29, 0.717) is 0 Å². The fraction of sp³-hybridized carbons (Fsp3) is 0.167. The van der Waals surface area contributed by atoms with Crippen molar-refractivity contribution in [1.29, 1.82) is 0 Å². The maximum Gasteiger partial charge on any atom is 0.0505 e. The Balaban J connectivity index is 3.17. The van der Waals surface area contributed by atoms with Crippen molar-refractivity contribution in [3.63, 3.8) is 0 Å². The van der Waals surface area contributed by atoms with Crippen LogP contribution in [0.1, 0.15) is 0 Å². The number of halogens is 2. The summed E-state index contributed by atoms with van der Waals surface area (Å²) >= 11 is 8.48. The third-order valence-electron chi connectivity index (χ3n) is 1.01. The van der Waals surface area contributed by atoms with Gasteiger partial charge >= 0.3 is 0 Å². The molecule has 0 aliphatic heterocycles. The molecule has 0 saturated carbocycles. The largest absolute Gasteiger partial charge is 0.262 e. The molecule has 0 aliphatic carbocycles. The van der Waals surface area contributed by atoms with E-state index in [1.165, 1.54) is 4.90 Å². The first kappa shape index (κ1) is 8.56. The van der Waals surface area contributed by atoms with Gasteiger partial charge in [0, 0.05) is 17.3 Å². The molecule has 0 amide bonds. The third-order valence-corrected chi connectivity index (χ3v) is 3.59. The first-order valence-corrected chi connectivity index (χ1v) is 5.39. The Morgan fingerprint density at radius 1 is 1.30 bits per heavy atom. The van der Waals surface area contributed by atoms with E-state index < -0.39 is 0 Å². The van der Waals surface area contributed by atoms with Crippen molar-refractivity contribution in [3.8, 4) is 0 Å². The highest BCUT2D eigenvalue weighted by Crippen LogP contribution is 2.31. The third kappa shape index (κ3) is 1.74. The van der Waals surface area contributed by atoms with Gasteiger partial charge in [-0.3, -0.25) is 4.98 Å². The van der Waals surface area contributed by atoms with E-state index in [1.807, 2.05) is 6.26 Å². The van der Waals surface area contributed by atoms with E-state index in [4.69, 9.17) is 0 Å². The molecule has 0 fully saturated rings. The fourth-order valence-electron chi connectivity index (χ4n) is 0.594. The second kappa shape index (κ2) is 3.74. The lowest BCUT2D eigenvalue weighted by atomic mass is 10.5. The molecule has 0 atom stereocenters. The van der Waals surface area contributed by atoms with Gasteiger partial charge in [-0.05, 0) is 38.1 Å². The molecule has 0 aliphatic rings. The molecule has 0 bridgehead atoms. The molecule has 1 nitrogen and oxygen atoms in total. The van der Waals surface area contributed by atoms with Gasteiger partial charge in [0.2, 0.25) is 0 Å². The van der Waals surface area contributed by atoms with Crippen molar-refractivity contribution < 1.29 is 0 Å². The molecule has 0 spiro atoms. The Morgan fingerprint density at radius 2 is 1.80 bits per heavy atom. The number of nitrogens with zero attached hydrogens (tertiary/aromatic N) is 1. The van der Waals surface area contributed by atoms with Gasteiger partial charge in [-0.1, -0.05) is 0 Å². The van der Waals surface area contributed by atoms with Crippen LogP contribution in [0.15, 0.2) is 26.2 Å². The summed E-state index contributed by atoms with van der Waals surface area (Å²) in [6, 6.07) is 0. The maximum atomic E-state index is 3.99. The van der Waals surface area contributed by atoms with Gasteiger partial charge in [-0.2, -0.15) is 0 Å². The van der Waals surface area contributed by atoms with Gasteiger partial charge in [0.25, 0.3) is 0 Å². The van der Waals surface area contributed by atoms with Gasteiger partial charge in [-0.15, -0.1) is 11.8 Å². The molecular formula is C6H5Br2NS. The van der Waals surface area contributed by atoms with Crippen molar-refractivity contribution in [2.45, 2.75) is 4.90 Å². The summed E-state index contributed by atoms with van der Waals surface area (Å²) in [5.74, 6) is 0. The quantitative estimate of drug-likeness (QED) is 0.733. The second-order valence-electron chi connectivity index (χ2n) is 1.64. The normalized spacial score (nSPS) is 9.90. The molecule has 1 rings (SSSR count). The van der Waals surface area contributed by atoms with E-state index in [2.05, 4.69) is 36.8 Å². The second-order valence-corrected chi connectivity index (χ2v) is 4.16. The zero-order valence-corrected chi connectivity index (χ0v) is 9.25. The molecule has 10 heavy (non-hydrogen) atoms.